The van der Waals surface area contributed by atoms with Crippen molar-refractivity contribution in [1.29, 1.82) is 0 Å². The first-order chi connectivity index (χ1) is 11.1. The first kappa shape index (κ1) is 16.0. The van der Waals surface area contributed by atoms with Crippen LogP contribution in [0.3, 0.4) is 0 Å². The summed E-state index contributed by atoms with van der Waals surface area (Å²) in [6, 6.07) is 12.5. The van der Waals surface area contributed by atoms with Gasteiger partial charge < -0.3 is 10.3 Å². The van der Waals surface area contributed by atoms with Gasteiger partial charge in [-0.3, -0.25) is 25.2 Å². The first-order valence-electron chi connectivity index (χ1n) is 6.88. The number of hydrazine groups is 1. The minimum atomic E-state index is -0.536. The summed E-state index contributed by atoms with van der Waals surface area (Å²) in [4.78, 5) is 37.3. The molecular weight excluding hydrogens is 296 g/mol. The zero-order valence-electron chi connectivity index (χ0n) is 12.2. The first-order valence-corrected chi connectivity index (χ1v) is 6.88. The number of carbonyl (C=O) groups is 3. The highest BCUT2D eigenvalue weighted by Gasteiger charge is 2.07. The highest BCUT2D eigenvalue weighted by molar-refractivity contribution is 5.96. The Kier molecular flexibility index (Phi) is 5.70. The van der Waals surface area contributed by atoms with E-state index in [1.165, 1.54) is 6.08 Å². The van der Waals surface area contributed by atoms with Crippen molar-refractivity contribution in [3.05, 3.63) is 66.0 Å². The van der Waals surface area contributed by atoms with Gasteiger partial charge in [-0.15, -0.1) is 0 Å². The Morgan fingerprint density at radius 2 is 1.78 bits per heavy atom. The van der Waals surface area contributed by atoms with E-state index in [-0.39, 0.29) is 6.54 Å². The molecule has 2 rings (SSSR count). The van der Waals surface area contributed by atoms with Gasteiger partial charge in [0.05, 0.1) is 6.54 Å². The number of aromatic nitrogens is 1. The molecule has 0 aliphatic carbocycles. The van der Waals surface area contributed by atoms with Crippen molar-refractivity contribution in [2.45, 2.75) is 0 Å². The number of carbonyl (C=O) groups excluding carboxylic acids is 3. The SMILES string of the molecule is O=C(/C=C/c1ccccc1)NCC(=O)NNC(=O)c1ccc[nH]1. The Morgan fingerprint density at radius 1 is 1.00 bits per heavy atom. The van der Waals surface area contributed by atoms with E-state index in [1.54, 1.807) is 24.4 Å². The molecule has 0 unspecified atom stereocenters. The Morgan fingerprint density at radius 3 is 2.48 bits per heavy atom. The molecule has 118 valence electrons. The predicted molar refractivity (Wildman–Crippen MR) is 84.9 cm³/mol. The second-order valence-corrected chi connectivity index (χ2v) is 4.55. The molecule has 1 aromatic heterocycles. The lowest BCUT2D eigenvalue weighted by atomic mass is 10.2. The van der Waals surface area contributed by atoms with E-state index in [0.29, 0.717) is 5.69 Å². The van der Waals surface area contributed by atoms with Crippen LogP contribution in [0.2, 0.25) is 0 Å². The van der Waals surface area contributed by atoms with Gasteiger partial charge in [0.25, 0.3) is 11.8 Å². The molecule has 0 aliphatic heterocycles. The Hall–Kier alpha value is -3.35. The van der Waals surface area contributed by atoms with Gasteiger partial charge in [-0.2, -0.15) is 0 Å². The standard InChI is InChI=1S/C16H16N4O3/c21-14(9-8-12-5-2-1-3-6-12)18-11-15(22)19-20-16(23)13-7-4-10-17-13/h1-10,17H,11H2,(H,18,21)(H,19,22)(H,20,23)/b9-8+. The smallest absolute Gasteiger partial charge is 0.286 e. The molecule has 0 saturated heterocycles. The number of hydrogen-bond acceptors (Lipinski definition) is 3. The average Bonchev–Trinajstić information content (AvgIpc) is 3.11. The maximum atomic E-state index is 11.6. The third-order valence-electron chi connectivity index (χ3n) is 2.81. The van der Waals surface area contributed by atoms with Crippen LogP contribution in [-0.2, 0) is 9.59 Å². The van der Waals surface area contributed by atoms with Crippen LogP contribution in [-0.4, -0.2) is 29.3 Å². The maximum absolute atomic E-state index is 11.6. The third-order valence-corrected chi connectivity index (χ3v) is 2.81. The molecule has 0 aliphatic rings. The van der Waals surface area contributed by atoms with E-state index < -0.39 is 17.7 Å². The third kappa shape index (κ3) is 5.50. The van der Waals surface area contributed by atoms with Gasteiger partial charge in [0.15, 0.2) is 0 Å². The van der Waals surface area contributed by atoms with Crippen molar-refractivity contribution in [1.82, 2.24) is 21.2 Å². The lowest BCUT2D eigenvalue weighted by Crippen LogP contribution is -2.46. The lowest BCUT2D eigenvalue weighted by Gasteiger charge is -2.06. The number of nitrogens with one attached hydrogen (secondary N) is 4. The molecule has 7 nitrogen and oxygen atoms in total. The van der Waals surface area contributed by atoms with Gasteiger partial charge in [-0.05, 0) is 23.8 Å². The van der Waals surface area contributed by atoms with E-state index in [9.17, 15) is 14.4 Å². The largest absolute Gasteiger partial charge is 0.357 e. The van der Waals surface area contributed by atoms with E-state index >= 15 is 0 Å². The molecule has 0 radical (unpaired) electrons. The minimum Gasteiger partial charge on any atom is -0.357 e. The average molecular weight is 312 g/mol. The summed E-state index contributed by atoms with van der Waals surface area (Å²) in [5.74, 6) is -1.41. The molecule has 2 aromatic rings. The fraction of sp³-hybridized carbons (Fsp3) is 0.0625. The predicted octanol–water partition coefficient (Wildman–Crippen LogP) is 0.605. The molecule has 4 N–H and O–H groups in total. The summed E-state index contributed by atoms with van der Waals surface area (Å²) in [6.45, 7) is -0.247. The lowest BCUT2D eigenvalue weighted by molar-refractivity contribution is -0.124. The topological polar surface area (TPSA) is 103 Å². The highest BCUT2D eigenvalue weighted by Crippen LogP contribution is 2.00. The fourth-order valence-electron chi connectivity index (χ4n) is 1.67. The van der Waals surface area contributed by atoms with E-state index in [4.69, 9.17) is 0 Å². The number of rotatable bonds is 5. The van der Waals surface area contributed by atoms with Crippen molar-refractivity contribution < 1.29 is 14.4 Å². The summed E-state index contributed by atoms with van der Waals surface area (Å²) in [5.41, 5.74) is 5.63. The molecule has 1 heterocycles. The van der Waals surface area contributed by atoms with Crippen LogP contribution in [0.15, 0.2) is 54.7 Å². The van der Waals surface area contributed by atoms with E-state index in [0.717, 1.165) is 5.56 Å². The number of benzene rings is 1. The number of amides is 3. The second-order valence-electron chi connectivity index (χ2n) is 4.55. The zero-order chi connectivity index (χ0) is 16.5. The van der Waals surface area contributed by atoms with Gasteiger partial charge in [-0.1, -0.05) is 30.3 Å². The number of aromatic amines is 1. The summed E-state index contributed by atoms with van der Waals surface area (Å²) in [5, 5.41) is 2.41. The van der Waals surface area contributed by atoms with Crippen LogP contribution >= 0.6 is 0 Å². The monoisotopic (exact) mass is 312 g/mol. The Balaban J connectivity index is 1.69. The zero-order valence-corrected chi connectivity index (χ0v) is 12.2. The van der Waals surface area contributed by atoms with Crippen molar-refractivity contribution in [3.63, 3.8) is 0 Å². The molecular formula is C16H16N4O3. The molecule has 0 atom stereocenters. The summed E-state index contributed by atoms with van der Waals surface area (Å²) in [7, 11) is 0. The highest BCUT2D eigenvalue weighted by atomic mass is 16.2. The van der Waals surface area contributed by atoms with Crippen molar-refractivity contribution in [2.75, 3.05) is 6.54 Å². The van der Waals surface area contributed by atoms with Crippen LogP contribution in [0.25, 0.3) is 6.08 Å². The van der Waals surface area contributed by atoms with Gasteiger partial charge in [0.1, 0.15) is 5.69 Å². The van der Waals surface area contributed by atoms with Gasteiger partial charge >= 0.3 is 0 Å². The van der Waals surface area contributed by atoms with Gasteiger partial charge in [-0.25, -0.2) is 0 Å². The van der Waals surface area contributed by atoms with Crippen LogP contribution in [0.1, 0.15) is 16.1 Å². The van der Waals surface area contributed by atoms with Gasteiger partial charge in [0, 0.05) is 12.3 Å². The van der Waals surface area contributed by atoms with Crippen LogP contribution < -0.4 is 16.2 Å². The molecule has 0 saturated carbocycles. The Bertz CT molecular complexity index is 693. The normalized spacial score (nSPS) is 10.3. The number of hydrogen-bond donors (Lipinski definition) is 4. The molecule has 0 bridgehead atoms. The molecule has 0 fully saturated rings. The molecule has 23 heavy (non-hydrogen) atoms. The molecule has 0 spiro atoms. The Labute approximate surface area is 132 Å². The molecule has 7 heteroatoms. The summed E-state index contributed by atoms with van der Waals surface area (Å²) in [6.07, 6.45) is 4.57. The summed E-state index contributed by atoms with van der Waals surface area (Å²) < 4.78 is 0. The van der Waals surface area contributed by atoms with Gasteiger partial charge in [0.2, 0.25) is 5.91 Å². The second kappa shape index (κ2) is 8.18. The number of H-pyrrole nitrogens is 1. The summed E-state index contributed by atoms with van der Waals surface area (Å²) >= 11 is 0. The minimum absolute atomic E-state index is 0.247. The molecule has 1 aromatic carbocycles. The van der Waals surface area contributed by atoms with E-state index in [2.05, 4.69) is 21.2 Å². The van der Waals surface area contributed by atoms with Crippen LogP contribution in [0, 0.1) is 0 Å². The van der Waals surface area contributed by atoms with Crippen LogP contribution in [0.4, 0.5) is 0 Å². The van der Waals surface area contributed by atoms with Crippen LogP contribution in [0.5, 0.6) is 0 Å². The molecule has 3 amide bonds. The van der Waals surface area contributed by atoms with Crippen molar-refractivity contribution in [2.24, 2.45) is 0 Å². The quantitative estimate of drug-likeness (QED) is 0.480. The van der Waals surface area contributed by atoms with E-state index in [1.807, 2.05) is 30.3 Å². The fourth-order valence-corrected chi connectivity index (χ4v) is 1.67. The maximum Gasteiger partial charge on any atom is 0.286 e. The van der Waals surface area contributed by atoms with Crippen molar-refractivity contribution >= 4 is 23.8 Å². The van der Waals surface area contributed by atoms with Crippen molar-refractivity contribution in [3.8, 4) is 0 Å².